The number of H-pyrrole nitrogens is 1. The highest BCUT2D eigenvalue weighted by atomic mass is 16.1. The fourth-order valence-electron chi connectivity index (χ4n) is 1.33. The van der Waals surface area contributed by atoms with Gasteiger partial charge in [-0.2, -0.15) is 0 Å². The zero-order chi connectivity index (χ0) is 12.2. The third kappa shape index (κ3) is 4.09. The van der Waals surface area contributed by atoms with Crippen molar-refractivity contribution in [3.05, 3.63) is 24.0 Å². The van der Waals surface area contributed by atoms with Crippen LogP contribution in [0.1, 0.15) is 39.7 Å². The molecule has 0 aromatic carbocycles. The van der Waals surface area contributed by atoms with Crippen LogP contribution in [-0.2, 0) is 11.3 Å². The molecular formula is C13H22N2O. The van der Waals surface area contributed by atoms with E-state index in [2.05, 4.69) is 38.0 Å². The maximum Gasteiger partial charge on any atom is 0.220 e. The molecule has 1 aromatic heterocycles. The first-order valence-electron chi connectivity index (χ1n) is 5.78. The topological polar surface area (TPSA) is 44.9 Å². The summed E-state index contributed by atoms with van der Waals surface area (Å²) in [4.78, 5) is 14.6. The molecule has 1 amide bonds. The molecule has 3 nitrogen and oxygen atoms in total. The van der Waals surface area contributed by atoms with Crippen molar-refractivity contribution in [2.75, 3.05) is 0 Å². The van der Waals surface area contributed by atoms with Gasteiger partial charge in [0.2, 0.25) is 5.91 Å². The van der Waals surface area contributed by atoms with Crippen LogP contribution < -0.4 is 5.32 Å². The van der Waals surface area contributed by atoms with E-state index in [-0.39, 0.29) is 11.3 Å². The molecule has 0 spiro atoms. The first-order valence-corrected chi connectivity index (χ1v) is 5.78. The number of aromatic amines is 1. The monoisotopic (exact) mass is 222 g/mol. The molecule has 1 atom stereocenters. The lowest BCUT2D eigenvalue weighted by Crippen LogP contribution is -2.28. The Morgan fingerprint density at radius 1 is 1.50 bits per heavy atom. The summed E-state index contributed by atoms with van der Waals surface area (Å²) in [5, 5.41) is 2.93. The summed E-state index contributed by atoms with van der Waals surface area (Å²) in [6.45, 7) is 9.22. The zero-order valence-corrected chi connectivity index (χ0v) is 10.6. The summed E-state index contributed by atoms with van der Waals surface area (Å²) < 4.78 is 0. The van der Waals surface area contributed by atoms with E-state index in [1.165, 1.54) is 0 Å². The van der Waals surface area contributed by atoms with E-state index in [0.29, 0.717) is 18.9 Å². The Bertz CT molecular complexity index is 322. The van der Waals surface area contributed by atoms with Crippen molar-refractivity contribution in [1.29, 1.82) is 0 Å². The summed E-state index contributed by atoms with van der Waals surface area (Å²) >= 11 is 0. The van der Waals surface area contributed by atoms with Crippen molar-refractivity contribution in [3.8, 4) is 0 Å². The molecule has 0 aliphatic heterocycles. The standard InChI is InChI=1S/C13H22N2O/c1-10(13(2,3)4)7-12(16)15-9-11-5-6-14-8-11/h5-6,8,10,14H,7,9H2,1-4H3,(H,15,16). The molecule has 0 fully saturated rings. The van der Waals surface area contributed by atoms with Crippen LogP contribution in [0.3, 0.4) is 0 Å². The average Bonchev–Trinajstić information content (AvgIpc) is 2.65. The number of carbonyl (C=O) groups is 1. The molecule has 0 aliphatic carbocycles. The Morgan fingerprint density at radius 2 is 2.19 bits per heavy atom. The Balaban J connectivity index is 2.31. The maximum absolute atomic E-state index is 11.7. The second-order valence-electron chi connectivity index (χ2n) is 5.47. The van der Waals surface area contributed by atoms with Crippen LogP contribution in [0.2, 0.25) is 0 Å². The van der Waals surface area contributed by atoms with Gasteiger partial charge >= 0.3 is 0 Å². The van der Waals surface area contributed by atoms with Crippen LogP contribution in [0.4, 0.5) is 0 Å². The van der Waals surface area contributed by atoms with Crippen molar-refractivity contribution < 1.29 is 4.79 Å². The fraction of sp³-hybridized carbons (Fsp3) is 0.615. The van der Waals surface area contributed by atoms with E-state index in [1.807, 2.05) is 18.5 Å². The Kier molecular flexibility index (Phi) is 4.16. The molecule has 1 rings (SSSR count). The van der Waals surface area contributed by atoms with E-state index in [0.717, 1.165) is 5.56 Å². The Hall–Kier alpha value is -1.25. The van der Waals surface area contributed by atoms with Gasteiger partial charge in [-0.1, -0.05) is 27.7 Å². The highest BCUT2D eigenvalue weighted by Crippen LogP contribution is 2.27. The molecule has 0 radical (unpaired) electrons. The van der Waals surface area contributed by atoms with Crippen LogP contribution in [-0.4, -0.2) is 10.9 Å². The molecule has 0 aliphatic rings. The predicted octanol–water partition coefficient (Wildman–Crippen LogP) is 2.70. The Morgan fingerprint density at radius 3 is 2.69 bits per heavy atom. The minimum absolute atomic E-state index is 0.128. The van der Waals surface area contributed by atoms with Crippen LogP contribution >= 0.6 is 0 Å². The minimum Gasteiger partial charge on any atom is -0.367 e. The summed E-state index contributed by atoms with van der Waals surface area (Å²) in [6.07, 6.45) is 4.35. The van der Waals surface area contributed by atoms with Crippen LogP contribution in [0, 0.1) is 11.3 Å². The summed E-state index contributed by atoms with van der Waals surface area (Å²) in [6, 6.07) is 1.97. The molecule has 1 unspecified atom stereocenters. The molecule has 2 N–H and O–H groups in total. The zero-order valence-electron chi connectivity index (χ0n) is 10.6. The van der Waals surface area contributed by atoms with Gasteiger partial charge in [0.05, 0.1) is 0 Å². The van der Waals surface area contributed by atoms with E-state index in [4.69, 9.17) is 0 Å². The molecule has 1 aromatic rings. The van der Waals surface area contributed by atoms with Crippen molar-refractivity contribution in [1.82, 2.24) is 10.3 Å². The second kappa shape index (κ2) is 5.19. The van der Waals surface area contributed by atoms with Crippen LogP contribution in [0.5, 0.6) is 0 Å². The minimum atomic E-state index is 0.128. The highest BCUT2D eigenvalue weighted by molar-refractivity contribution is 5.76. The first kappa shape index (κ1) is 12.8. The molecule has 1 heterocycles. The number of carbonyl (C=O) groups excluding carboxylic acids is 1. The lowest BCUT2D eigenvalue weighted by Gasteiger charge is -2.26. The third-order valence-corrected chi connectivity index (χ3v) is 3.12. The number of rotatable bonds is 4. The molecule has 0 saturated heterocycles. The van der Waals surface area contributed by atoms with Gasteiger partial charge in [-0.3, -0.25) is 4.79 Å². The normalized spacial score (nSPS) is 13.5. The van der Waals surface area contributed by atoms with Crippen LogP contribution in [0.15, 0.2) is 18.5 Å². The van der Waals surface area contributed by atoms with Crippen molar-refractivity contribution >= 4 is 5.91 Å². The van der Waals surface area contributed by atoms with Crippen molar-refractivity contribution in [2.45, 2.75) is 40.7 Å². The van der Waals surface area contributed by atoms with E-state index < -0.39 is 0 Å². The average molecular weight is 222 g/mol. The summed E-state index contributed by atoms with van der Waals surface area (Å²) in [7, 11) is 0. The number of hydrogen-bond acceptors (Lipinski definition) is 1. The van der Waals surface area contributed by atoms with Crippen molar-refractivity contribution in [3.63, 3.8) is 0 Å². The molecule has 0 saturated carbocycles. The smallest absolute Gasteiger partial charge is 0.220 e. The quantitative estimate of drug-likeness (QED) is 0.808. The van der Waals surface area contributed by atoms with E-state index >= 15 is 0 Å². The maximum atomic E-state index is 11.7. The third-order valence-electron chi connectivity index (χ3n) is 3.12. The van der Waals surface area contributed by atoms with Gasteiger partial charge in [0.15, 0.2) is 0 Å². The lowest BCUT2D eigenvalue weighted by molar-refractivity contribution is -0.122. The predicted molar refractivity (Wildman–Crippen MR) is 65.9 cm³/mol. The first-order chi connectivity index (χ1) is 7.39. The number of hydrogen-bond donors (Lipinski definition) is 2. The lowest BCUT2D eigenvalue weighted by atomic mass is 9.80. The number of aromatic nitrogens is 1. The SMILES string of the molecule is CC(CC(=O)NCc1cc[nH]c1)C(C)(C)C. The van der Waals surface area contributed by atoms with Gasteiger partial charge in [0, 0.05) is 25.4 Å². The van der Waals surface area contributed by atoms with Gasteiger partial charge in [0.25, 0.3) is 0 Å². The highest BCUT2D eigenvalue weighted by Gasteiger charge is 2.22. The Labute approximate surface area is 97.6 Å². The van der Waals surface area contributed by atoms with E-state index in [9.17, 15) is 4.79 Å². The summed E-state index contributed by atoms with van der Waals surface area (Å²) in [5.41, 5.74) is 1.29. The molecule has 16 heavy (non-hydrogen) atoms. The molecular weight excluding hydrogens is 200 g/mol. The van der Waals surface area contributed by atoms with Gasteiger partial charge in [0.1, 0.15) is 0 Å². The molecule has 3 heteroatoms. The number of amides is 1. The van der Waals surface area contributed by atoms with Gasteiger partial charge < -0.3 is 10.3 Å². The molecule has 0 bridgehead atoms. The summed E-state index contributed by atoms with van der Waals surface area (Å²) in [5.74, 6) is 0.516. The van der Waals surface area contributed by atoms with Crippen LogP contribution in [0.25, 0.3) is 0 Å². The van der Waals surface area contributed by atoms with Crippen molar-refractivity contribution in [2.24, 2.45) is 11.3 Å². The van der Waals surface area contributed by atoms with E-state index in [1.54, 1.807) is 0 Å². The second-order valence-corrected chi connectivity index (χ2v) is 5.47. The number of nitrogens with one attached hydrogen (secondary N) is 2. The molecule has 90 valence electrons. The van der Waals surface area contributed by atoms with Gasteiger partial charge in [-0.15, -0.1) is 0 Å². The fourth-order valence-corrected chi connectivity index (χ4v) is 1.33. The van der Waals surface area contributed by atoms with Gasteiger partial charge in [-0.25, -0.2) is 0 Å². The van der Waals surface area contributed by atoms with Gasteiger partial charge in [-0.05, 0) is 23.0 Å². The largest absolute Gasteiger partial charge is 0.367 e.